The molecular formula is C17H14N4O2S. The maximum atomic E-state index is 10.5. The maximum absolute atomic E-state index is 10.5. The Labute approximate surface area is 142 Å². The Morgan fingerprint density at radius 3 is 2.83 bits per heavy atom. The molecule has 1 aromatic carbocycles. The van der Waals surface area contributed by atoms with E-state index in [9.17, 15) is 5.11 Å². The van der Waals surface area contributed by atoms with Gasteiger partial charge in [-0.2, -0.15) is 0 Å². The summed E-state index contributed by atoms with van der Waals surface area (Å²) >= 11 is 1.60. The van der Waals surface area contributed by atoms with Gasteiger partial charge in [0.1, 0.15) is 19.0 Å². The molecule has 120 valence electrons. The highest BCUT2D eigenvalue weighted by Gasteiger charge is 2.18. The van der Waals surface area contributed by atoms with E-state index in [1.165, 1.54) is 0 Å². The van der Waals surface area contributed by atoms with Crippen molar-refractivity contribution in [3.8, 4) is 10.6 Å². The zero-order valence-electron chi connectivity index (χ0n) is 12.6. The lowest BCUT2D eigenvalue weighted by atomic mass is 10.1. The normalized spacial score (nSPS) is 12.4. The molecule has 4 rings (SSSR count). The summed E-state index contributed by atoms with van der Waals surface area (Å²) in [7, 11) is 0. The van der Waals surface area contributed by atoms with Crippen molar-refractivity contribution in [2.75, 3.05) is 0 Å². The van der Waals surface area contributed by atoms with Crippen LogP contribution in [0.15, 0.2) is 64.8 Å². The second-order valence-corrected chi connectivity index (χ2v) is 6.17. The number of aromatic nitrogens is 4. The van der Waals surface area contributed by atoms with Crippen LogP contribution in [0.2, 0.25) is 0 Å². The molecule has 7 heteroatoms. The maximum Gasteiger partial charge on any atom is 0.215 e. The lowest BCUT2D eigenvalue weighted by Gasteiger charge is -2.11. The third-order valence-corrected chi connectivity index (χ3v) is 4.51. The largest absolute Gasteiger partial charge is 0.438 e. The number of aliphatic hydroxyl groups excluding tert-OH is 1. The molecule has 0 aliphatic heterocycles. The predicted molar refractivity (Wildman–Crippen MR) is 89.4 cm³/mol. The van der Waals surface area contributed by atoms with Crippen LogP contribution in [-0.2, 0) is 6.54 Å². The van der Waals surface area contributed by atoms with Crippen LogP contribution in [0.3, 0.4) is 0 Å². The zero-order valence-corrected chi connectivity index (χ0v) is 13.4. The van der Waals surface area contributed by atoms with Crippen LogP contribution in [0.4, 0.5) is 0 Å². The first-order valence-corrected chi connectivity index (χ1v) is 8.28. The van der Waals surface area contributed by atoms with Crippen LogP contribution in [0, 0.1) is 0 Å². The lowest BCUT2D eigenvalue weighted by Crippen LogP contribution is -2.10. The fourth-order valence-electron chi connectivity index (χ4n) is 2.44. The molecule has 0 radical (unpaired) electrons. The first kappa shape index (κ1) is 14.8. The Morgan fingerprint density at radius 2 is 2.04 bits per heavy atom. The minimum Gasteiger partial charge on any atom is -0.438 e. The lowest BCUT2D eigenvalue weighted by molar-refractivity contribution is 0.204. The van der Waals surface area contributed by atoms with Gasteiger partial charge in [-0.15, -0.1) is 21.5 Å². The van der Waals surface area contributed by atoms with Crippen LogP contribution in [0.1, 0.15) is 23.4 Å². The van der Waals surface area contributed by atoms with E-state index in [1.807, 2.05) is 47.8 Å². The monoisotopic (exact) mass is 338 g/mol. The average Bonchev–Trinajstić information content (AvgIpc) is 3.37. The van der Waals surface area contributed by atoms with E-state index < -0.39 is 6.10 Å². The van der Waals surface area contributed by atoms with Crippen LogP contribution in [0.5, 0.6) is 0 Å². The Hall–Kier alpha value is -2.77. The molecule has 4 aromatic rings. The van der Waals surface area contributed by atoms with Gasteiger partial charge in [-0.1, -0.05) is 36.4 Å². The minimum absolute atomic E-state index is 0.359. The topological polar surface area (TPSA) is 77.0 Å². The SMILES string of the molecule is OC(c1ccccc1)c1nncn1Cc1ncc(-c2cccs2)o1. The number of oxazole rings is 1. The van der Waals surface area contributed by atoms with Gasteiger partial charge in [-0.05, 0) is 17.0 Å². The van der Waals surface area contributed by atoms with Crippen molar-refractivity contribution in [1.29, 1.82) is 0 Å². The highest BCUT2D eigenvalue weighted by Crippen LogP contribution is 2.26. The van der Waals surface area contributed by atoms with Crippen molar-refractivity contribution in [1.82, 2.24) is 19.7 Å². The van der Waals surface area contributed by atoms with E-state index in [4.69, 9.17) is 4.42 Å². The molecule has 0 amide bonds. The number of hydrogen-bond acceptors (Lipinski definition) is 6. The van der Waals surface area contributed by atoms with E-state index in [0.29, 0.717) is 18.3 Å². The molecule has 24 heavy (non-hydrogen) atoms. The van der Waals surface area contributed by atoms with Crippen molar-refractivity contribution in [3.63, 3.8) is 0 Å². The standard InChI is InChI=1S/C17H14N4O2S/c22-16(12-5-2-1-3-6-12)17-20-19-11-21(17)10-15-18-9-13(23-15)14-7-4-8-24-14/h1-9,11,16,22H,10H2. The van der Waals surface area contributed by atoms with Crippen LogP contribution in [0.25, 0.3) is 10.6 Å². The highest BCUT2D eigenvalue weighted by molar-refractivity contribution is 7.13. The van der Waals surface area contributed by atoms with E-state index in [-0.39, 0.29) is 0 Å². The Bertz CT molecular complexity index is 915. The summed E-state index contributed by atoms with van der Waals surface area (Å²) in [5.74, 6) is 1.73. The van der Waals surface area contributed by atoms with Gasteiger partial charge in [-0.25, -0.2) is 4.98 Å². The number of nitrogens with zero attached hydrogens (tertiary/aromatic N) is 4. The minimum atomic E-state index is -0.847. The van der Waals surface area contributed by atoms with E-state index in [2.05, 4.69) is 15.2 Å². The molecule has 0 saturated heterocycles. The van der Waals surface area contributed by atoms with Gasteiger partial charge in [0.05, 0.1) is 11.1 Å². The number of hydrogen-bond donors (Lipinski definition) is 1. The van der Waals surface area contributed by atoms with Crippen molar-refractivity contribution >= 4 is 11.3 Å². The highest BCUT2D eigenvalue weighted by atomic mass is 32.1. The van der Waals surface area contributed by atoms with Crippen molar-refractivity contribution in [3.05, 3.63) is 77.6 Å². The molecular weight excluding hydrogens is 324 g/mol. The summed E-state index contributed by atoms with van der Waals surface area (Å²) in [6.07, 6.45) is 2.43. The van der Waals surface area contributed by atoms with Crippen molar-refractivity contribution in [2.45, 2.75) is 12.6 Å². The number of aliphatic hydroxyl groups is 1. The molecule has 3 heterocycles. The van der Waals surface area contributed by atoms with Gasteiger partial charge >= 0.3 is 0 Å². The van der Waals surface area contributed by atoms with Crippen molar-refractivity contribution < 1.29 is 9.52 Å². The second kappa shape index (κ2) is 6.38. The van der Waals surface area contributed by atoms with Crippen LogP contribution in [-0.4, -0.2) is 24.9 Å². The van der Waals surface area contributed by atoms with E-state index in [1.54, 1.807) is 28.4 Å². The average molecular weight is 338 g/mol. The molecule has 1 N–H and O–H groups in total. The summed E-state index contributed by atoms with van der Waals surface area (Å²) in [6.45, 7) is 0.359. The third-order valence-electron chi connectivity index (χ3n) is 3.63. The molecule has 6 nitrogen and oxygen atoms in total. The van der Waals surface area contributed by atoms with Gasteiger partial charge < -0.3 is 14.1 Å². The van der Waals surface area contributed by atoms with Crippen molar-refractivity contribution in [2.24, 2.45) is 0 Å². The Morgan fingerprint density at radius 1 is 1.17 bits per heavy atom. The molecule has 0 spiro atoms. The summed E-state index contributed by atoms with van der Waals surface area (Å²) in [4.78, 5) is 5.33. The smallest absolute Gasteiger partial charge is 0.215 e. The quantitative estimate of drug-likeness (QED) is 0.605. The molecule has 1 unspecified atom stereocenters. The molecule has 1 atom stereocenters. The van der Waals surface area contributed by atoms with E-state index >= 15 is 0 Å². The molecule has 0 saturated carbocycles. The van der Waals surface area contributed by atoms with Crippen LogP contribution < -0.4 is 0 Å². The summed E-state index contributed by atoms with van der Waals surface area (Å²) in [5.41, 5.74) is 0.762. The fourth-order valence-corrected chi connectivity index (χ4v) is 3.12. The first-order valence-electron chi connectivity index (χ1n) is 7.40. The molecule has 0 aliphatic rings. The predicted octanol–water partition coefficient (Wildman–Crippen LogP) is 3.12. The third kappa shape index (κ3) is 2.86. The first-order chi connectivity index (χ1) is 11.8. The zero-order chi connectivity index (χ0) is 16.4. The number of benzene rings is 1. The number of rotatable bonds is 5. The van der Waals surface area contributed by atoms with Crippen LogP contribution >= 0.6 is 11.3 Å². The van der Waals surface area contributed by atoms with Gasteiger partial charge in [0, 0.05) is 0 Å². The molecule has 0 aliphatic carbocycles. The van der Waals surface area contributed by atoms with E-state index in [0.717, 1.165) is 16.2 Å². The molecule has 0 bridgehead atoms. The van der Waals surface area contributed by atoms with Gasteiger partial charge in [0.2, 0.25) is 5.89 Å². The summed E-state index contributed by atoms with van der Waals surface area (Å²) in [5, 5.41) is 20.5. The summed E-state index contributed by atoms with van der Waals surface area (Å²) in [6, 6.07) is 13.3. The van der Waals surface area contributed by atoms with Gasteiger partial charge in [-0.3, -0.25) is 0 Å². The Kier molecular flexibility index (Phi) is 3.94. The van der Waals surface area contributed by atoms with Gasteiger partial charge in [0.15, 0.2) is 11.6 Å². The fraction of sp³-hybridized carbons (Fsp3) is 0.118. The summed E-state index contributed by atoms with van der Waals surface area (Å²) < 4.78 is 7.52. The molecule has 0 fully saturated rings. The second-order valence-electron chi connectivity index (χ2n) is 5.23. The molecule has 3 aromatic heterocycles. The van der Waals surface area contributed by atoms with Gasteiger partial charge in [0.25, 0.3) is 0 Å². The Balaban J connectivity index is 1.57. The number of thiophene rings is 1.